The molecule has 0 aliphatic rings. The van der Waals surface area contributed by atoms with Crippen LogP contribution in [-0.4, -0.2) is 22.6 Å². The summed E-state index contributed by atoms with van der Waals surface area (Å²) in [4.78, 5) is 15.9. The van der Waals surface area contributed by atoms with Crippen molar-refractivity contribution < 1.29 is 9.90 Å². The van der Waals surface area contributed by atoms with E-state index in [0.717, 1.165) is 11.3 Å². The molecule has 96 valence electrons. The fourth-order valence-electron chi connectivity index (χ4n) is 1.44. The monoisotopic (exact) mass is 272 g/mol. The summed E-state index contributed by atoms with van der Waals surface area (Å²) in [6.45, 7) is 0.254. The van der Waals surface area contributed by atoms with E-state index in [2.05, 4.69) is 22.1 Å². The van der Waals surface area contributed by atoms with E-state index in [0.29, 0.717) is 12.1 Å². The first-order valence-electron chi connectivity index (χ1n) is 5.64. The van der Waals surface area contributed by atoms with E-state index in [9.17, 15) is 4.79 Å². The zero-order chi connectivity index (χ0) is 13.5. The molecular weight excluding hydrogens is 260 g/mol. The van der Waals surface area contributed by atoms with E-state index < -0.39 is 0 Å². The second-order valence-corrected chi connectivity index (χ2v) is 4.42. The lowest BCUT2D eigenvalue weighted by atomic mass is 10.1. The average Bonchev–Trinajstić information content (AvgIpc) is 2.96. The SMILES string of the molecule is O=C(NCc1cscn1)c1ccc(C#CCO)cc1. The van der Waals surface area contributed by atoms with Crippen LogP contribution < -0.4 is 5.32 Å². The lowest BCUT2D eigenvalue weighted by molar-refractivity contribution is 0.0950. The van der Waals surface area contributed by atoms with Crippen LogP contribution in [0.15, 0.2) is 35.2 Å². The van der Waals surface area contributed by atoms with Crippen LogP contribution in [0.2, 0.25) is 0 Å². The summed E-state index contributed by atoms with van der Waals surface area (Å²) in [6, 6.07) is 6.91. The Morgan fingerprint density at radius 1 is 1.37 bits per heavy atom. The molecule has 2 rings (SSSR count). The van der Waals surface area contributed by atoms with E-state index in [1.54, 1.807) is 29.8 Å². The number of aromatic nitrogens is 1. The number of hydrogen-bond acceptors (Lipinski definition) is 4. The highest BCUT2D eigenvalue weighted by Gasteiger charge is 2.05. The number of nitrogens with zero attached hydrogens (tertiary/aromatic N) is 1. The van der Waals surface area contributed by atoms with Gasteiger partial charge in [0.2, 0.25) is 0 Å². The van der Waals surface area contributed by atoms with Crippen LogP contribution in [0.1, 0.15) is 21.6 Å². The highest BCUT2D eigenvalue weighted by Crippen LogP contribution is 2.05. The Morgan fingerprint density at radius 3 is 2.79 bits per heavy atom. The van der Waals surface area contributed by atoms with Gasteiger partial charge >= 0.3 is 0 Å². The van der Waals surface area contributed by atoms with Gasteiger partial charge in [0.1, 0.15) is 6.61 Å². The Balaban J connectivity index is 1.95. The molecule has 0 atom stereocenters. The first-order valence-corrected chi connectivity index (χ1v) is 6.59. The molecule has 2 aromatic rings. The molecule has 1 heterocycles. The van der Waals surface area contributed by atoms with Crippen LogP contribution in [0.4, 0.5) is 0 Å². The third kappa shape index (κ3) is 3.91. The van der Waals surface area contributed by atoms with Crippen LogP contribution in [0.25, 0.3) is 0 Å². The molecule has 1 aromatic heterocycles. The number of aliphatic hydroxyl groups is 1. The van der Waals surface area contributed by atoms with Crippen molar-refractivity contribution in [1.29, 1.82) is 0 Å². The van der Waals surface area contributed by atoms with Crippen molar-refractivity contribution in [2.24, 2.45) is 0 Å². The standard InChI is InChI=1S/C14H12N2O2S/c17-7-1-2-11-3-5-12(6-4-11)14(18)15-8-13-9-19-10-16-13/h3-6,9-10,17H,7-8H2,(H,15,18). The largest absolute Gasteiger partial charge is 0.384 e. The summed E-state index contributed by atoms with van der Waals surface area (Å²) < 4.78 is 0. The number of carbonyl (C=O) groups is 1. The van der Waals surface area contributed by atoms with E-state index in [1.165, 1.54) is 11.3 Å². The molecule has 4 nitrogen and oxygen atoms in total. The van der Waals surface area contributed by atoms with Gasteiger partial charge in [-0.15, -0.1) is 11.3 Å². The van der Waals surface area contributed by atoms with E-state index in [1.807, 2.05) is 5.38 Å². The first kappa shape index (κ1) is 13.3. The molecule has 0 spiro atoms. The Bertz CT molecular complexity index is 595. The predicted octanol–water partition coefficient (Wildman–Crippen LogP) is 1.42. The second kappa shape index (κ2) is 6.69. The fourth-order valence-corrected chi connectivity index (χ4v) is 2.00. The summed E-state index contributed by atoms with van der Waals surface area (Å²) in [6.07, 6.45) is 0. The molecule has 0 aliphatic carbocycles. The third-order valence-corrected chi connectivity index (χ3v) is 3.01. The maximum atomic E-state index is 11.9. The van der Waals surface area contributed by atoms with Crippen molar-refractivity contribution in [3.05, 3.63) is 52.0 Å². The zero-order valence-corrected chi connectivity index (χ0v) is 10.9. The number of rotatable bonds is 3. The van der Waals surface area contributed by atoms with Crippen molar-refractivity contribution in [3.63, 3.8) is 0 Å². The zero-order valence-electron chi connectivity index (χ0n) is 10.1. The second-order valence-electron chi connectivity index (χ2n) is 3.70. The molecule has 0 saturated heterocycles. The Hall–Kier alpha value is -2.16. The minimum Gasteiger partial charge on any atom is -0.384 e. The number of thiazole rings is 1. The smallest absolute Gasteiger partial charge is 0.251 e. The molecule has 1 aromatic carbocycles. The van der Waals surface area contributed by atoms with E-state index in [4.69, 9.17) is 5.11 Å². The molecule has 0 saturated carbocycles. The Labute approximate surface area is 115 Å². The van der Waals surface area contributed by atoms with Gasteiger partial charge in [-0.3, -0.25) is 4.79 Å². The number of amides is 1. The van der Waals surface area contributed by atoms with Gasteiger partial charge in [0.25, 0.3) is 5.91 Å². The van der Waals surface area contributed by atoms with Gasteiger partial charge in [-0.05, 0) is 24.3 Å². The number of nitrogens with one attached hydrogen (secondary N) is 1. The normalized spacial score (nSPS) is 9.53. The molecule has 5 heteroatoms. The molecule has 19 heavy (non-hydrogen) atoms. The molecule has 1 amide bonds. The highest BCUT2D eigenvalue weighted by molar-refractivity contribution is 7.07. The van der Waals surface area contributed by atoms with Gasteiger partial charge < -0.3 is 10.4 Å². The van der Waals surface area contributed by atoms with E-state index >= 15 is 0 Å². The fraction of sp³-hybridized carbons (Fsp3) is 0.143. The lowest BCUT2D eigenvalue weighted by Crippen LogP contribution is -2.22. The highest BCUT2D eigenvalue weighted by atomic mass is 32.1. The van der Waals surface area contributed by atoms with Gasteiger partial charge in [-0.25, -0.2) is 4.98 Å². The van der Waals surface area contributed by atoms with Crippen molar-refractivity contribution >= 4 is 17.2 Å². The van der Waals surface area contributed by atoms with Crippen molar-refractivity contribution in [2.75, 3.05) is 6.61 Å². The number of hydrogen-bond donors (Lipinski definition) is 2. The van der Waals surface area contributed by atoms with Gasteiger partial charge in [-0.2, -0.15) is 0 Å². The van der Waals surface area contributed by atoms with Gasteiger partial charge in [-0.1, -0.05) is 11.8 Å². The minimum atomic E-state index is -0.171. The van der Waals surface area contributed by atoms with Crippen LogP contribution >= 0.6 is 11.3 Å². The summed E-state index contributed by atoms with van der Waals surface area (Å²) in [5, 5.41) is 13.3. The quantitative estimate of drug-likeness (QED) is 0.831. The summed E-state index contributed by atoms with van der Waals surface area (Å²) in [5.41, 5.74) is 3.93. The lowest BCUT2D eigenvalue weighted by Gasteiger charge is -2.03. The van der Waals surface area contributed by atoms with Gasteiger partial charge in [0, 0.05) is 16.5 Å². The summed E-state index contributed by atoms with van der Waals surface area (Å²) >= 11 is 1.50. The van der Waals surface area contributed by atoms with Gasteiger partial charge in [0.15, 0.2) is 0 Å². The van der Waals surface area contributed by atoms with Crippen molar-refractivity contribution in [2.45, 2.75) is 6.54 Å². The molecule has 2 N–H and O–H groups in total. The molecule has 0 bridgehead atoms. The molecule has 0 aliphatic heterocycles. The Kier molecular flexibility index (Phi) is 4.67. The maximum Gasteiger partial charge on any atom is 0.251 e. The minimum absolute atomic E-state index is 0.144. The molecule has 0 unspecified atom stereocenters. The van der Waals surface area contributed by atoms with Crippen molar-refractivity contribution in [3.8, 4) is 11.8 Å². The van der Waals surface area contributed by atoms with Crippen LogP contribution in [-0.2, 0) is 6.54 Å². The molecular formula is C14H12N2O2S. The number of aliphatic hydroxyl groups excluding tert-OH is 1. The topological polar surface area (TPSA) is 62.2 Å². The first-order chi connectivity index (χ1) is 9.29. The maximum absolute atomic E-state index is 11.9. The predicted molar refractivity (Wildman–Crippen MR) is 73.7 cm³/mol. The number of benzene rings is 1. The summed E-state index contributed by atoms with van der Waals surface area (Å²) in [7, 11) is 0. The van der Waals surface area contributed by atoms with Crippen molar-refractivity contribution in [1.82, 2.24) is 10.3 Å². The number of carbonyl (C=O) groups excluding carboxylic acids is 1. The third-order valence-electron chi connectivity index (χ3n) is 2.37. The summed E-state index contributed by atoms with van der Waals surface area (Å²) in [5.74, 6) is 5.19. The van der Waals surface area contributed by atoms with Crippen LogP contribution in [0.5, 0.6) is 0 Å². The van der Waals surface area contributed by atoms with E-state index in [-0.39, 0.29) is 12.5 Å². The average molecular weight is 272 g/mol. The van der Waals surface area contributed by atoms with Gasteiger partial charge in [0.05, 0.1) is 17.7 Å². The molecule has 0 radical (unpaired) electrons. The van der Waals surface area contributed by atoms with Crippen LogP contribution in [0, 0.1) is 11.8 Å². The Morgan fingerprint density at radius 2 is 2.16 bits per heavy atom. The van der Waals surface area contributed by atoms with Crippen LogP contribution in [0.3, 0.4) is 0 Å². The molecule has 0 fully saturated rings.